The average Bonchev–Trinajstić information content (AvgIpc) is 3.01. The van der Waals surface area contributed by atoms with E-state index in [-0.39, 0.29) is 12.1 Å². The van der Waals surface area contributed by atoms with E-state index in [0.29, 0.717) is 12.8 Å². The summed E-state index contributed by atoms with van der Waals surface area (Å²) in [5.74, 6) is -2.96. The largest absolute Gasteiger partial charge is 0.330 e. The predicted molar refractivity (Wildman–Crippen MR) is 54.0 cm³/mol. The van der Waals surface area contributed by atoms with Crippen LogP contribution in [0.15, 0.2) is 10.5 Å². The maximum atomic E-state index is 13.5. The van der Waals surface area contributed by atoms with Crippen molar-refractivity contribution < 1.29 is 13.2 Å². The van der Waals surface area contributed by atoms with Crippen molar-refractivity contribution in [2.75, 3.05) is 6.54 Å². The van der Waals surface area contributed by atoms with Crippen molar-refractivity contribution in [3.8, 4) is 0 Å². The summed E-state index contributed by atoms with van der Waals surface area (Å²) in [5, 5.41) is 0. The number of nitrogens with two attached hydrogens (primary N) is 1. The molecule has 82 valence electrons. The van der Waals surface area contributed by atoms with Crippen LogP contribution in [-0.4, -0.2) is 6.54 Å². The summed E-state index contributed by atoms with van der Waals surface area (Å²) in [6, 6.07) is 1.03. The third-order valence-corrected chi connectivity index (χ3v) is 3.65. The highest BCUT2D eigenvalue weighted by Gasteiger charge is 2.46. The fraction of sp³-hybridized carbons (Fsp3) is 0.400. The quantitative estimate of drug-likeness (QED) is 0.654. The second-order valence-corrected chi connectivity index (χ2v) is 4.63. The van der Waals surface area contributed by atoms with Crippen molar-refractivity contribution in [3.63, 3.8) is 0 Å². The van der Waals surface area contributed by atoms with Crippen LogP contribution in [0, 0.1) is 17.5 Å². The fourth-order valence-corrected chi connectivity index (χ4v) is 1.98. The van der Waals surface area contributed by atoms with Gasteiger partial charge in [0.2, 0.25) is 0 Å². The zero-order valence-corrected chi connectivity index (χ0v) is 9.37. The molecule has 0 saturated heterocycles. The minimum absolute atomic E-state index is 0.0585. The smallest absolute Gasteiger partial charge is 0.176 e. The first-order valence-electron chi connectivity index (χ1n) is 4.55. The van der Waals surface area contributed by atoms with E-state index >= 15 is 0 Å². The Kier molecular flexibility index (Phi) is 2.55. The lowest BCUT2D eigenvalue weighted by molar-refractivity contribution is 0.465. The van der Waals surface area contributed by atoms with Gasteiger partial charge in [-0.25, -0.2) is 13.2 Å². The number of benzene rings is 1. The second-order valence-electron chi connectivity index (χ2n) is 3.83. The van der Waals surface area contributed by atoms with Crippen molar-refractivity contribution in [2.24, 2.45) is 5.73 Å². The van der Waals surface area contributed by atoms with Crippen LogP contribution in [0.4, 0.5) is 13.2 Å². The van der Waals surface area contributed by atoms with Crippen LogP contribution in [0.25, 0.3) is 0 Å². The first-order chi connectivity index (χ1) is 7.02. The van der Waals surface area contributed by atoms with E-state index < -0.39 is 27.3 Å². The number of halogens is 4. The van der Waals surface area contributed by atoms with E-state index in [4.69, 9.17) is 5.73 Å². The molecule has 0 aromatic heterocycles. The summed E-state index contributed by atoms with van der Waals surface area (Å²) in [4.78, 5) is 0. The van der Waals surface area contributed by atoms with E-state index in [1.807, 2.05) is 0 Å². The highest BCUT2D eigenvalue weighted by Crippen LogP contribution is 2.49. The Balaban J connectivity index is 2.58. The van der Waals surface area contributed by atoms with Crippen LogP contribution < -0.4 is 5.73 Å². The van der Waals surface area contributed by atoms with Gasteiger partial charge in [-0.15, -0.1) is 0 Å². The summed E-state index contributed by atoms with van der Waals surface area (Å²) in [6.07, 6.45) is 1.36. The summed E-state index contributed by atoms with van der Waals surface area (Å²) in [6.45, 7) is 0.213. The first-order valence-corrected chi connectivity index (χ1v) is 5.35. The standard InChI is InChI=1S/C10H9BrF3N/c11-7-6(12)3-5(8(13)9(7)14)10(4-15)1-2-10/h3H,1-2,4,15H2. The third-order valence-electron chi connectivity index (χ3n) is 2.92. The zero-order valence-electron chi connectivity index (χ0n) is 7.79. The van der Waals surface area contributed by atoms with Gasteiger partial charge in [0.1, 0.15) is 5.82 Å². The molecule has 15 heavy (non-hydrogen) atoms. The Morgan fingerprint density at radius 2 is 1.87 bits per heavy atom. The topological polar surface area (TPSA) is 26.0 Å². The molecule has 5 heteroatoms. The molecule has 0 radical (unpaired) electrons. The molecular formula is C10H9BrF3N. The number of hydrogen-bond donors (Lipinski definition) is 1. The summed E-state index contributed by atoms with van der Waals surface area (Å²) in [7, 11) is 0. The summed E-state index contributed by atoms with van der Waals surface area (Å²) >= 11 is 2.65. The zero-order chi connectivity index (χ0) is 11.2. The molecule has 2 rings (SSSR count). The molecule has 0 spiro atoms. The van der Waals surface area contributed by atoms with Gasteiger partial charge in [0.05, 0.1) is 4.47 Å². The lowest BCUT2D eigenvalue weighted by Crippen LogP contribution is -2.22. The molecule has 1 aliphatic carbocycles. The third kappa shape index (κ3) is 1.58. The Labute approximate surface area is 93.6 Å². The lowest BCUT2D eigenvalue weighted by atomic mass is 9.95. The van der Waals surface area contributed by atoms with Gasteiger partial charge in [0, 0.05) is 17.5 Å². The van der Waals surface area contributed by atoms with Gasteiger partial charge in [-0.2, -0.15) is 0 Å². The second kappa shape index (κ2) is 3.49. The average molecular weight is 280 g/mol. The lowest BCUT2D eigenvalue weighted by Gasteiger charge is -2.15. The van der Waals surface area contributed by atoms with Gasteiger partial charge in [-0.3, -0.25) is 0 Å². The molecule has 0 aliphatic heterocycles. The van der Waals surface area contributed by atoms with Gasteiger partial charge >= 0.3 is 0 Å². The first kappa shape index (κ1) is 11.0. The Bertz CT molecular complexity index is 416. The normalized spacial score (nSPS) is 17.9. The van der Waals surface area contributed by atoms with E-state index in [1.54, 1.807) is 0 Å². The van der Waals surface area contributed by atoms with E-state index in [0.717, 1.165) is 6.07 Å². The molecule has 0 bridgehead atoms. The minimum Gasteiger partial charge on any atom is -0.330 e. The molecule has 1 aromatic rings. The molecule has 0 amide bonds. The molecular weight excluding hydrogens is 271 g/mol. The summed E-state index contributed by atoms with van der Waals surface area (Å²) < 4.78 is 39.5. The predicted octanol–water partition coefficient (Wildman–Crippen LogP) is 2.86. The summed E-state index contributed by atoms with van der Waals surface area (Å²) in [5.41, 5.74) is 4.99. The van der Waals surface area contributed by atoms with Crippen LogP contribution >= 0.6 is 15.9 Å². The Morgan fingerprint density at radius 3 is 2.33 bits per heavy atom. The maximum Gasteiger partial charge on any atom is 0.176 e. The van der Waals surface area contributed by atoms with Crippen LogP contribution in [0.3, 0.4) is 0 Å². The molecule has 1 fully saturated rings. The van der Waals surface area contributed by atoms with Gasteiger partial charge in [0.15, 0.2) is 11.6 Å². The molecule has 1 aromatic carbocycles. The molecule has 2 N–H and O–H groups in total. The van der Waals surface area contributed by atoms with Crippen LogP contribution in [0.2, 0.25) is 0 Å². The van der Waals surface area contributed by atoms with Crippen molar-refractivity contribution >= 4 is 15.9 Å². The molecule has 1 saturated carbocycles. The number of rotatable bonds is 2. The maximum absolute atomic E-state index is 13.5. The van der Waals surface area contributed by atoms with E-state index in [9.17, 15) is 13.2 Å². The minimum atomic E-state index is -1.18. The number of hydrogen-bond acceptors (Lipinski definition) is 1. The van der Waals surface area contributed by atoms with Gasteiger partial charge in [0.25, 0.3) is 0 Å². The van der Waals surface area contributed by atoms with Crippen LogP contribution in [-0.2, 0) is 5.41 Å². The Hall–Kier alpha value is -0.550. The van der Waals surface area contributed by atoms with Gasteiger partial charge in [-0.1, -0.05) is 0 Å². The highest BCUT2D eigenvalue weighted by atomic mass is 79.9. The van der Waals surface area contributed by atoms with E-state index in [2.05, 4.69) is 15.9 Å². The highest BCUT2D eigenvalue weighted by molar-refractivity contribution is 9.10. The fourth-order valence-electron chi connectivity index (χ4n) is 1.69. The van der Waals surface area contributed by atoms with Gasteiger partial charge in [-0.05, 0) is 34.8 Å². The van der Waals surface area contributed by atoms with Crippen LogP contribution in [0.5, 0.6) is 0 Å². The van der Waals surface area contributed by atoms with E-state index in [1.165, 1.54) is 0 Å². The molecule has 1 nitrogen and oxygen atoms in total. The Morgan fingerprint density at radius 1 is 1.27 bits per heavy atom. The van der Waals surface area contributed by atoms with Crippen molar-refractivity contribution in [2.45, 2.75) is 18.3 Å². The monoisotopic (exact) mass is 279 g/mol. The molecule has 1 aliphatic rings. The molecule has 0 unspecified atom stereocenters. The molecule has 0 atom stereocenters. The van der Waals surface area contributed by atoms with Crippen molar-refractivity contribution in [1.82, 2.24) is 0 Å². The SMILES string of the molecule is NCC1(c2cc(F)c(Br)c(F)c2F)CC1. The van der Waals surface area contributed by atoms with Crippen LogP contribution in [0.1, 0.15) is 18.4 Å². The van der Waals surface area contributed by atoms with Crippen molar-refractivity contribution in [1.29, 1.82) is 0 Å². The van der Waals surface area contributed by atoms with Crippen molar-refractivity contribution in [3.05, 3.63) is 33.6 Å². The van der Waals surface area contributed by atoms with Gasteiger partial charge < -0.3 is 5.73 Å². The molecule has 0 heterocycles.